The van der Waals surface area contributed by atoms with Crippen molar-refractivity contribution in [3.8, 4) is 0 Å². The highest BCUT2D eigenvalue weighted by atomic mass is 32.1. The van der Waals surface area contributed by atoms with Gasteiger partial charge >= 0.3 is 0 Å². The van der Waals surface area contributed by atoms with Crippen molar-refractivity contribution in [2.75, 3.05) is 37.8 Å². The van der Waals surface area contributed by atoms with Gasteiger partial charge < -0.3 is 15.5 Å². The topological polar surface area (TPSA) is 49.6 Å². The summed E-state index contributed by atoms with van der Waals surface area (Å²) in [6, 6.07) is 1.92. The SMILES string of the molecule is CCCN(CCC)c1cc(N)c(C(=O)N(C)C)s1. The second-order valence-corrected chi connectivity index (χ2v) is 5.59. The van der Waals surface area contributed by atoms with Crippen LogP contribution in [0.1, 0.15) is 36.4 Å². The van der Waals surface area contributed by atoms with Crippen molar-refractivity contribution in [2.45, 2.75) is 26.7 Å². The van der Waals surface area contributed by atoms with Crippen molar-refractivity contribution in [2.24, 2.45) is 0 Å². The van der Waals surface area contributed by atoms with Crippen LogP contribution in [-0.2, 0) is 0 Å². The van der Waals surface area contributed by atoms with E-state index in [2.05, 4.69) is 18.7 Å². The Morgan fingerprint density at radius 1 is 1.28 bits per heavy atom. The van der Waals surface area contributed by atoms with Gasteiger partial charge in [-0.2, -0.15) is 0 Å². The Kier molecular flexibility index (Phi) is 5.47. The second-order valence-electron chi connectivity index (χ2n) is 4.56. The summed E-state index contributed by atoms with van der Waals surface area (Å²) in [5, 5.41) is 1.10. The molecule has 0 atom stereocenters. The molecule has 18 heavy (non-hydrogen) atoms. The molecule has 0 aliphatic carbocycles. The normalized spacial score (nSPS) is 10.4. The molecule has 0 aliphatic rings. The molecule has 0 aromatic carbocycles. The summed E-state index contributed by atoms with van der Waals surface area (Å²) in [5.41, 5.74) is 6.54. The van der Waals surface area contributed by atoms with E-state index in [0.717, 1.165) is 30.9 Å². The molecule has 0 spiro atoms. The highest BCUT2D eigenvalue weighted by molar-refractivity contribution is 7.18. The van der Waals surface area contributed by atoms with Crippen molar-refractivity contribution in [3.05, 3.63) is 10.9 Å². The van der Waals surface area contributed by atoms with E-state index in [0.29, 0.717) is 10.6 Å². The number of amides is 1. The Morgan fingerprint density at radius 2 is 1.83 bits per heavy atom. The van der Waals surface area contributed by atoms with Crippen LogP contribution in [0.15, 0.2) is 6.07 Å². The van der Waals surface area contributed by atoms with Gasteiger partial charge in [0.05, 0.1) is 10.7 Å². The molecule has 4 nitrogen and oxygen atoms in total. The van der Waals surface area contributed by atoms with Crippen LogP contribution in [0.5, 0.6) is 0 Å². The van der Waals surface area contributed by atoms with Gasteiger partial charge in [0.1, 0.15) is 4.88 Å². The Labute approximate surface area is 113 Å². The molecule has 0 bridgehead atoms. The first kappa shape index (κ1) is 14.8. The van der Waals surface area contributed by atoms with E-state index in [9.17, 15) is 4.79 Å². The van der Waals surface area contributed by atoms with Crippen LogP contribution in [0.4, 0.5) is 10.7 Å². The van der Waals surface area contributed by atoms with Gasteiger partial charge in [-0.1, -0.05) is 13.8 Å². The molecule has 102 valence electrons. The standard InChI is InChI=1S/C13H23N3OS/c1-5-7-16(8-6-2)11-9-10(14)12(18-11)13(17)15(3)4/h9H,5-8,14H2,1-4H3. The molecule has 0 aliphatic heterocycles. The summed E-state index contributed by atoms with van der Waals surface area (Å²) in [5.74, 6) is -0.0169. The molecular formula is C13H23N3OS. The van der Waals surface area contributed by atoms with Crippen LogP contribution in [0, 0.1) is 0 Å². The fourth-order valence-electron chi connectivity index (χ4n) is 1.79. The van der Waals surface area contributed by atoms with E-state index in [-0.39, 0.29) is 5.91 Å². The zero-order chi connectivity index (χ0) is 13.7. The summed E-state index contributed by atoms with van der Waals surface area (Å²) < 4.78 is 0. The van der Waals surface area contributed by atoms with Gasteiger partial charge in [-0.3, -0.25) is 4.79 Å². The first-order valence-corrected chi connectivity index (χ1v) is 7.18. The number of hydrogen-bond donors (Lipinski definition) is 1. The van der Waals surface area contributed by atoms with Gasteiger partial charge in [-0.05, 0) is 18.9 Å². The van der Waals surface area contributed by atoms with E-state index in [1.807, 2.05) is 6.07 Å². The van der Waals surface area contributed by atoms with Crippen LogP contribution in [-0.4, -0.2) is 38.0 Å². The third-order valence-corrected chi connectivity index (χ3v) is 3.85. The van der Waals surface area contributed by atoms with E-state index in [1.54, 1.807) is 19.0 Å². The number of carbonyl (C=O) groups excluding carboxylic acids is 1. The second kappa shape index (κ2) is 6.64. The molecule has 0 fully saturated rings. The van der Waals surface area contributed by atoms with Crippen LogP contribution < -0.4 is 10.6 Å². The van der Waals surface area contributed by atoms with Crippen LogP contribution in [0.25, 0.3) is 0 Å². The molecule has 0 radical (unpaired) electrons. The Morgan fingerprint density at radius 3 is 2.28 bits per heavy atom. The number of nitrogens with zero attached hydrogens (tertiary/aromatic N) is 2. The Bertz CT molecular complexity index is 395. The quantitative estimate of drug-likeness (QED) is 0.863. The van der Waals surface area contributed by atoms with Crippen LogP contribution >= 0.6 is 11.3 Å². The molecule has 0 unspecified atom stereocenters. The lowest BCUT2D eigenvalue weighted by Crippen LogP contribution is -2.23. The van der Waals surface area contributed by atoms with Gasteiger partial charge in [0.2, 0.25) is 0 Å². The maximum Gasteiger partial charge on any atom is 0.265 e. The van der Waals surface area contributed by atoms with Gasteiger partial charge in [0.25, 0.3) is 5.91 Å². The zero-order valence-electron chi connectivity index (χ0n) is 11.7. The molecule has 1 aromatic heterocycles. The van der Waals surface area contributed by atoms with Crippen molar-refractivity contribution in [1.82, 2.24) is 4.90 Å². The Balaban J connectivity index is 2.97. The minimum atomic E-state index is -0.0169. The lowest BCUT2D eigenvalue weighted by atomic mass is 10.3. The predicted molar refractivity (Wildman–Crippen MR) is 79.5 cm³/mol. The third-order valence-electron chi connectivity index (χ3n) is 2.65. The average Bonchev–Trinajstić information content (AvgIpc) is 2.70. The largest absolute Gasteiger partial charge is 0.397 e. The first-order chi connectivity index (χ1) is 8.51. The molecule has 2 N–H and O–H groups in total. The summed E-state index contributed by atoms with van der Waals surface area (Å²) in [4.78, 5) is 16.5. The highest BCUT2D eigenvalue weighted by Crippen LogP contribution is 2.33. The van der Waals surface area contributed by atoms with Crippen molar-refractivity contribution in [3.63, 3.8) is 0 Å². The van der Waals surface area contributed by atoms with Gasteiger partial charge in [-0.15, -0.1) is 11.3 Å². The maximum absolute atomic E-state index is 12.0. The van der Waals surface area contributed by atoms with Crippen LogP contribution in [0.2, 0.25) is 0 Å². The number of carbonyl (C=O) groups is 1. The predicted octanol–water partition coefficient (Wildman–Crippen LogP) is 2.66. The molecule has 0 saturated heterocycles. The lowest BCUT2D eigenvalue weighted by molar-refractivity contribution is 0.0833. The van der Waals surface area contributed by atoms with Gasteiger partial charge in [0.15, 0.2) is 0 Å². The smallest absolute Gasteiger partial charge is 0.265 e. The number of hydrogen-bond acceptors (Lipinski definition) is 4. The van der Waals surface area contributed by atoms with Crippen LogP contribution in [0.3, 0.4) is 0 Å². The summed E-state index contributed by atoms with van der Waals surface area (Å²) in [6.45, 7) is 6.32. The van der Waals surface area contributed by atoms with E-state index < -0.39 is 0 Å². The van der Waals surface area contributed by atoms with Crippen molar-refractivity contribution in [1.29, 1.82) is 0 Å². The summed E-state index contributed by atoms with van der Waals surface area (Å²) in [6.07, 6.45) is 2.18. The molecular weight excluding hydrogens is 246 g/mol. The molecule has 5 heteroatoms. The van der Waals surface area contributed by atoms with Gasteiger partial charge in [0, 0.05) is 27.2 Å². The third kappa shape index (κ3) is 3.38. The van der Waals surface area contributed by atoms with E-state index >= 15 is 0 Å². The summed E-state index contributed by atoms with van der Waals surface area (Å²) in [7, 11) is 3.49. The minimum Gasteiger partial charge on any atom is -0.397 e. The monoisotopic (exact) mass is 269 g/mol. The lowest BCUT2D eigenvalue weighted by Gasteiger charge is -2.21. The number of anilines is 2. The van der Waals surface area contributed by atoms with Gasteiger partial charge in [-0.25, -0.2) is 0 Å². The molecule has 0 saturated carbocycles. The number of nitrogen functional groups attached to an aromatic ring is 1. The molecule has 1 rings (SSSR count). The zero-order valence-corrected chi connectivity index (χ0v) is 12.5. The molecule has 1 amide bonds. The molecule has 1 aromatic rings. The van der Waals surface area contributed by atoms with Crippen molar-refractivity contribution < 1.29 is 4.79 Å². The van der Waals surface area contributed by atoms with E-state index in [4.69, 9.17) is 5.73 Å². The fraction of sp³-hybridized carbons (Fsp3) is 0.615. The van der Waals surface area contributed by atoms with E-state index in [1.165, 1.54) is 11.3 Å². The Hall–Kier alpha value is -1.23. The maximum atomic E-state index is 12.0. The van der Waals surface area contributed by atoms with Crippen molar-refractivity contribution >= 4 is 27.9 Å². The number of nitrogens with two attached hydrogens (primary N) is 1. The number of thiophene rings is 1. The fourth-order valence-corrected chi connectivity index (χ4v) is 2.94. The minimum absolute atomic E-state index is 0.0169. The first-order valence-electron chi connectivity index (χ1n) is 6.37. The average molecular weight is 269 g/mol. The highest BCUT2D eigenvalue weighted by Gasteiger charge is 2.18. The molecule has 1 heterocycles. The number of rotatable bonds is 6. The summed E-state index contributed by atoms with van der Waals surface area (Å²) >= 11 is 1.49.